The molecule has 0 aliphatic heterocycles. The van der Waals surface area contributed by atoms with Crippen LogP contribution in [0.4, 0.5) is 11.4 Å². The number of nitrogens with one attached hydrogen (secondary N) is 1. The molecule has 0 heterocycles. The highest BCUT2D eigenvalue weighted by Crippen LogP contribution is 2.27. The average Bonchev–Trinajstić information content (AvgIpc) is 2.37. The number of nitrogen functional groups attached to an aromatic ring is 1. The molecule has 3 N–H and O–H groups in total. The summed E-state index contributed by atoms with van der Waals surface area (Å²) in [4.78, 5) is 14.1. The first-order valence-electron chi connectivity index (χ1n) is 6.95. The molecular formula is C15H24BrN3O. The summed E-state index contributed by atoms with van der Waals surface area (Å²) >= 11 is 3.38. The van der Waals surface area contributed by atoms with E-state index in [2.05, 4.69) is 28.2 Å². The monoisotopic (exact) mass is 341 g/mol. The van der Waals surface area contributed by atoms with E-state index >= 15 is 0 Å². The molecule has 5 heteroatoms. The number of halogens is 1. The molecule has 2 atom stereocenters. The van der Waals surface area contributed by atoms with E-state index in [1.54, 1.807) is 0 Å². The maximum Gasteiger partial charge on any atom is 0.242 e. The second-order valence-corrected chi connectivity index (χ2v) is 6.10. The molecular weight excluding hydrogens is 318 g/mol. The van der Waals surface area contributed by atoms with Gasteiger partial charge in [-0.15, -0.1) is 0 Å². The number of hydrogen-bond donors (Lipinski definition) is 2. The molecule has 4 nitrogen and oxygen atoms in total. The summed E-state index contributed by atoms with van der Waals surface area (Å²) in [6.07, 6.45) is 2.05. The maximum absolute atomic E-state index is 12.2. The highest BCUT2D eigenvalue weighted by atomic mass is 79.9. The van der Waals surface area contributed by atoms with Crippen LogP contribution in [0.1, 0.15) is 33.6 Å². The Morgan fingerprint density at radius 3 is 2.65 bits per heavy atom. The van der Waals surface area contributed by atoms with E-state index < -0.39 is 0 Å². The van der Waals surface area contributed by atoms with Crippen molar-refractivity contribution in [1.29, 1.82) is 0 Å². The predicted octanol–water partition coefficient (Wildman–Crippen LogP) is 3.16. The molecule has 0 radical (unpaired) electrons. The Bertz CT molecular complexity index is 464. The zero-order chi connectivity index (χ0) is 15.3. The number of anilines is 2. The van der Waals surface area contributed by atoms with Crippen LogP contribution < -0.4 is 16.0 Å². The van der Waals surface area contributed by atoms with Crippen molar-refractivity contribution < 1.29 is 4.79 Å². The second kappa shape index (κ2) is 7.53. The van der Waals surface area contributed by atoms with Gasteiger partial charge in [-0.3, -0.25) is 4.79 Å². The first kappa shape index (κ1) is 16.8. The van der Waals surface area contributed by atoms with Gasteiger partial charge in [0.2, 0.25) is 5.91 Å². The number of nitrogens with two attached hydrogens (primary N) is 1. The normalized spacial score (nSPS) is 13.7. The summed E-state index contributed by atoms with van der Waals surface area (Å²) in [5, 5.41) is 3.03. The number of nitrogens with zero attached hydrogens (tertiary/aromatic N) is 1. The van der Waals surface area contributed by atoms with E-state index in [9.17, 15) is 4.79 Å². The lowest BCUT2D eigenvalue weighted by atomic mass is 10.1. The Kier molecular flexibility index (Phi) is 6.33. The third-order valence-corrected chi connectivity index (χ3v) is 3.93. The first-order chi connectivity index (χ1) is 9.36. The molecule has 0 saturated carbocycles. The Balaban J connectivity index is 2.75. The molecule has 1 aromatic rings. The molecule has 0 bridgehead atoms. The Labute approximate surface area is 129 Å². The molecule has 0 fully saturated rings. The number of likely N-dealkylation sites (N-methyl/N-ethyl adjacent to an activating group) is 1. The van der Waals surface area contributed by atoms with Crippen molar-refractivity contribution in [3.05, 3.63) is 22.7 Å². The number of rotatable bonds is 6. The first-order valence-corrected chi connectivity index (χ1v) is 7.74. The fourth-order valence-electron chi connectivity index (χ4n) is 2.10. The Morgan fingerprint density at radius 1 is 1.45 bits per heavy atom. The summed E-state index contributed by atoms with van der Waals surface area (Å²) in [6.45, 7) is 6.03. The third-order valence-electron chi connectivity index (χ3n) is 3.44. The number of amides is 1. The van der Waals surface area contributed by atoms with Gasteiger partial charge >= 0.3 is 0 Å². The van der Waals surface area contributed by atoms with Gasteiger partial charge in [-0.2, -0.15) is 0 Å². The molecule has 1 aromatic carbocycles. The topological polar surface area (TPSA) is 58.4 Å². The molecule has 0 aliphatic carbocycles. The van der Waals surface area contributed by atoms with Crippen molar-refractivity contribution in [1.82, 2.24) is 5.32 Å². The van der Waals surface area contributed by atoms with Crippen LogP contribution in [-0.2, 0) is 4.79 Å². The summed E-state index contributed by atoms with van der Waals surface area (Å²) in [7, 11) is 1.88. The van der Waals surface area contributed by atoms with Crippen molar-refractivity contribution in [2.24, 2.45) is 0 Å². The molecule has 0 aromatic heterocycles. The number of benzene rings is 1. The predicted molar refractivity (Wildman–Crippen MR) is 88.9 cm³/mol. The van der Waals surface area contributed by atoms with E-state index in [0.29, 0.717) is 5.69 Å². The highest BCUT2D eigenvalue weighted by Gasteiger charge is 2.21. The van der Waals surface area contributed by atoms with Crippen molar-refractivity contribution in [2.75, 3.05) is 17.7 Å². The van der Waals surface area contributed by atoms with Gasteiger partial charge in [0.1, 0.15) is 6.04 Å². The van der Waals surface area contributed by atoms with Crippen LogP contribution in [0.5, 0.6) is 0 Å². The van der Waals surface area contributed by atoms with Crippen molar-refractivity contribution in [3.8, 4) is 0 Å². The smallest absolute Gasteiger partial charge is 0.242 e. The standard InChI is InChI=1S/C15H24BrN3O/c1-5-6-10(2)18-15(20)11(3)19(4)14-8-7-12(16)9-13(14)17/h7-11H,5-6,17H2,1-4H3,(H,18,20). The quantitative estimate of drug-likeness (QED) is 0.781. The maximum atomic E-state index is 12.2. The van der Waals surface area contributed by atoms with Gasteiger partial charge in [0.25, 0.3) is 0 Å². The van der Waals surface area contributed by atoms with Crippen LogP contribution in [-0.4, -0.2) is 25.0 Å². The lowest BCUT2D eigenvalue weighted by Gasteiger charge is -2.28. The van der Waals surface area contributed by atoms with Crippen LogP contribution in [0.25, 0.3) is 0 Å². The van der Waals surface area contributed by atoms with E-state index in [1.165, 1.54) is 0 Å². The minimum absolute atomic E-state index is 0.0239. The summed E-state index contributed by atoms with van der Waals surface area (Å²) in [5.41, 5.74) is 7.52. The number of carbonyl (C=O) groups excluding carboxylic acids is 1. The van der Waals surface area contributed by atoms with Crippen molar-refractivity contribution >= 4 is 33.2 Å². The lowest BCUT2D eigenvalue weighted by molar-refractivity contribution is -0.122. The van der Waals surface area contributed by atoms with Gasteiger partial charge in [0, 0.05) is 17.6 Å². The van der Waals surface area contributed by atoms with Crippen LogP contribution >= 0.6 is 15.9 Å². The number of hydrogen-bond acceptors (Lipinski definition) is 3. The largest absolute Gasteiger partial charge is 0.397 e. The molecule has 0 saturated heterocycles. The van der Waals surface area contributed by atoms with E-state index in [4.69, 9.17) is 5.73 Å². The average molecular weight is 342 g/mol. The van der Waals surface area contributed by atoms with Crippen LogP contribution in [0.3, 0.4) is 0 Å². The number of carbonyl (C=O) groups is 1. The molecule has 0 aliphatic rings. The lowest BCUT2D eigenvalue weighted by Crippen LogP contribution is -2.46. The third kappa shape index (κ3) is 4.40. The fourth-order valence-corrected chi connectivity index (χ4v) is 2.48. The molecule has 112 valence electrons. The minimum atomic E-state index is -0.266. The fraction of sp³-hybridized carbons (Fsp3) is 0.533. The Hall–Kier alpha value is -1.23. The highest BCUT2D eigenvalue weighted by molar-refractivity contribution is 9.10. The van der Waals surface area contributed by atoms with Crippen LogP contribution in [0.15, 0.2) is 22.7 Å². The SMILES string of the molecule is CCCC(C)NC(=O)C(C)N(C)c1ccc(Br)cc1N. The van der Waals surface area contributed by atoms with Gasteiger partial charge < -0.3 is 16.0 Å². The van der Waals surface area contributed by atoms with Gasteiger partial charge in [-0.1, -0.05) is 29.3 Å². The minimum Gasteiger partial charge on any atom is -0.397 e. The van der Waals surface area contributed by atoms with E-state index in [0.717, 1.165) is 23.0 Å². The van der Waals surface area contributed by atoms with Gasteiger partial charge in [-0.05, 0) is 38.5 Å². The summed E-state index contributed by atoms with van der Waals surface area (Å²) in [6, 6.07) is 5.62. The second-order valence-electron chi connectivity index (χ2n) is 5.19. The van der Waals surface area contributed by atoms with Gasteiger partial charge in [0.15, 0.2) is 0 Å². The molecule has 20 heavy (non-hydrogen) atoms. The summed E-state index contributed by atoms with van der Waals surface area (Å²) < 4.78 is 0.931. The molecule has 1 amide bonds. The molecule has 2 unspecified atom stereocenters. The van der Waals surface area contributed by atoms with E-state index in [-0.39, 0.29) is 18.0 Å². The summed E-state index contributed by atoms with van der Waals surface area (Å²) in [5.74, 6) is 0.0239. The zero-order valence-electron chi connectivity index (χ0n) is 12.6. The van der Waals surface area contributed by atoms with Crippen molar-refractivity contribution in [2.45, 2.75) is 45.7 Å². The Morgan fingerprint density at radius 2 is 2.10 bits per heavy atom. The zero-order valence-corrected chi connectivity index (χ0v) is 14.2. The van der Waals surface area contributed by atoms with Gasteiger partial charge in [-0.25, -0.2) is 0 Å². The van der Waals surface area contributed by atoms with E-state index in [1.807, 2.05) is 44.0 Å². The van der Waals surface area contributed by atoms with Crippen LogP contribution in [0.2, 0.25) is 0 Å². The van der Waals surface area contributed by atoms with Crippen molar-refractivity contribution in [3.63, 3.8) is 0 Å². The van der Waals surface area contributed by atoms with Crippen LogP contribution in [0, 0.1) is 0 Å². The van der Waals surface area contributed by atoms with Gasteiger partial charge in [0.05, 0.1) is 11.4 Å². The molecule has 0 spiro atoms. The molecule has 1 rings (SSSR count).